The summed E-state index contributed by atoms with van der Waals surface area (Å²) in [7, 11) is -3.84. The Balaban J connectivity index is 3.75. The van der Waals surface area contributed by atoms with Gasteiger partial charge in [0.25, 0.3) is 0 Å². The van der Waals surface area contributed by atoms with Gasteiger partial charge in [-0.1, -0.05) is 13.3 Å². The van der Waals surface area contributed by atoms with Crippen molar-refractivity contribution in [3.8, 4) is 0 Å². The zero-order chi connectivity index (χ0) is 17.9. The molecule has 1 aromatic carbocycles. The van der Waals surface area contributed by atoms with E-state index in [1.165, 1.54) is 6.92 Å². The molecule has 0 bridgehead atoms. The Kier molecular flexibility index (Phi) is 5.65. The Morgan fingerprint density at radius 1 is 1.26 bits per heavy atom. The van der Waals surface area contributed by atoms with Crippen LogP contribution in [0, 0.1) is 27.2 Å². The summed E-state index contributed by atoms with van der Waals surface area (Å²) < 4.78 is 23.5. The van der Waals surface area contributed by atoms with Crippen molar-refractivity contribution in [3.05, 3.63) is 31.9 Å². The van der Waals surface area contributed by atoms with E-state index in [4.69, 9.17) is 0 Å². The Labute approximate surface area is 133 Å². The molecule has 1 rings (SSSR count). The van der Waals surface area contributed by atoms with Gasteiger partial charge in [-0.05, 0) is 20.3 Å². The molecule has 0 spiro atoms. The lowest BCUT2D eigenvalue weighted by Crippen LogP contribution is -2.18. The quantitative estimate of drug-likeness (QED) is 0.593. The normalized spacial score (nSPS) is 12.7. The van der Waals surface area contributed by atoms with Crippen LogP contribution in [-0.2, 0) is 9.84 Å². The van der Waals surface area contributed by atoms with Crippen molar-refractivity contribution in [2.24, 2.45) is 0 Å². The highest BCUT2D eigenvalue weighted by molar-refractivity contribution is 7.90. The molecule has 0 saturated carbocycles. The molecule has 10 heteroatoms. The average Bonchev–Trinajstić information content (AvgIpc) is 2.36. The maximum atomic E-state index is 11.8. The molecule has 0 aliphatic heterocycles. The van der Waals surface area contributed by atoms with Gasteiger partial charge in [-0.25, -0.2) is 8.42 Å². The zero-order valence-electron chi connectivity index (χ0n) is 13.3. The van der Waals surface area contributed by atoms with Gasteiger partial charge in [-0.2, -0.15) is 0 Å². The number of anilines is 1. The lowest BCUT2D eigenvalue weighted by Gasteiger charge is -2.16. The minimum absolute atomic E-state index is 0.116. The first kappa shape index (κ1) is 18.8. The molecule has 0 saturated heterocycles. The number of hydrogen-bond donors (Lipinski definition) is 1. The van der Waals surface area contributed by atoms with Crippen LogP contribution in [0.5, 0.6) is 0 Å². The highest BCUT2D eigenvalue weighted by atomic mass is 32.2. The molecular formula is C13H19N3O6S. The summed E-state index contributed by atoms with van der Waals surface area (Å²) in [6, 6.07) is 0.638. The van der Waals surface area contributed by atoms with Gasteiger partial charge in [-0.3, -0.25) is 20.2 Å². The van der Waals surface area contributed by atoms with E-state index in [1.807, 2.05) is 6.92 Å². The maximum absolute atomic E-state index is 11.8. The second kappa shape index (κ2) is 6.90. The van der Waals surface area contributed by atoms with Crippen molar-refractivity contribution < 1.29 is 18.3 Å². The largest absolute Gasteiger partial charge is 0.371 e. The smallest absolute Gasteiger partial charge is 0.303 e. The molecule has 0 fully saturated rings. The molecule has 0 aromatic heterocycles. The predicted octanol–water partition coefficient (Wildman–Crippen LogP) is 2.82. The topological polar surface area (TPSA) is 132 Å². The minimum atomic E-state index is -3.84. The van der Waals surface area contributed by atoms with Crippen LogP contribution < -0.4 is 5.32 Å². The van der Waals surface area contributed by atoms with E-state index in [1.54, 1.807) is 6.92 Å². The Morgan fingerprint density at radius 3 is 2.22 bits per heavy atom. The van der Waals surface area contributed by atoms with Gasteiger partial charge < -0.3 is 5.32 Å². The molecule has 1 unspecified atom stereocenters. The second-order valence-electron chi connectivity index (χ2n) is 5.36. The minimum Gasteiger partial charge on any atom is -0.371 e. The van der Waals surface area contributed by atoms with Gasteiger partial charge in [0.2, 0.25) is 0 Å². The molecule has 0 amide bonds. The molecule has 0 aliphatic carbocycles. The highest BCUT2D eigenvalue weighted by Gasteiger charge is 2.33. The van der Waals surface area contributed by atoms with E-state index >= 15 is 0 Å². The number of rotatable bonds is 7. The molecule has 9 nitrogen and oxygen atoms in total. The Morgan fingerprint density at radius 2 is 1.83 bits per heavy atom. The summed E-state index contributed by atoms with van der Waals surface area (Å²) >= 11 is 0. The fourth-order valence-electron chi connectivity index (χ4n) is 2.38. The molecule has 128 valence electrons. The molecular weight excluding hydrogens is 326 g/mol. The summed E-state index contributed by atoms with van der Waals surface area (Å²) in [6.45, 7) is 4.93. The third kappa shape index (κ3) is 4.15. The first-order valence-electron chi connectivity index (χ1n) is 6.93. The van der Waals surface area contributed by atoms with E-state index in [0.29, 0.717) is 6.42 Å². The molecule has 1 aromatic rings. The van der Waals surface area contributed by atoms with E-state index in [0.717, 1.165) is 18.7 Å². The van der Waals surface area contributed by atoms with E-state index in [9.17, 15) is 28.6 Å². The lowest BCUT2D eigenvalue weighted by atomic mass is 10.1. The number of benzene rings is 1. The van der Waals surface area contributed by atoms with Crippen LogP contribution in [0.1, 0.15) is 32.3 Å². The van der Waals surface area contributed by atoms with Crippen LogP contribution in [0.3, 0.4) is 0 Å². The van der Waals surface area contributed by atoms with Crippen LogP contribution >= 0.6 is 0 Å². The van der Waals surface area contributed by atoms with Gasteiger partial charge in [0.05, 0.1) is 14.7 Å². The molecule has 1 atom stereocenters. The highest BCUT2D eigenvalue weighted by Crippen LogP contribution is 2.41. The molecule has 23 heavy (non-hydrogen) atoms. The second-order valence-corrected chi connectivity index (χ2v) is 7.35. The summed E-state index contributed by atoms with van der Waals surface area (Å²) in [6.07, 6.45) is 2.30. The Hall–Kier alpha value is -2.23. The molecule has 0 heterocycles. The third-order valence-electron chi connectivity index (χ3n) is 3.38. The zero-order valence-corrected chi connectivity index (χ0v) is 14.1. The van der Waals surface area contributed by atoms with E-state index in [-0.39, 0.29) is 17.3 Å². The van der Waals surface area contributed by atoms with Gasteiger partial charge >= 0.3 is 11.4 Å². The van der Waals surface area contributed by atoms with E-state index in [2.05, 4.69) is 5.32 Å². The first-order chi connectivity index (χ1) is 10.5. The Bertz CT molecular complexity index is 745. The maximum Gasteiger partial charge on any atom is 0.303 e. The number of nitrogens with one attached hydrogen (secondary N) is 1. The number of nitrogens with zero attached hydrogens (tertiary/aromatic N) is 2. The van der Waals surface area contributed by atoms with Crippen LogP contribution in [0.4, 0.5) is 17.1 Å². The van der Waals surface area contributed by atoms with Crippen molar-refractivity contribution >= 4 is 26.9 Å². The number of hydrogen-bond acceptors (Lipinski definition) is 7. The predicted molar refractivity (Wildman–Crippen MR) is 85.6 cm³/mol. The van der Waals surface area contributed by atoms with Gasteiger partial charge in [0.15, 0.2) is 15.5 Å². The van der Waals surface area contributed by atoms with Crippen molar-refractivity contribution in [3.63, 3.8) is 0 Å². The van der Waals surface area contributed by atoms with Crippen molar-refractivity contribution in [2.45, 2.75) is 44.6 Å². The fourth-order valence-corrected chi connectivity index (χ4v) is 3.36. The van der Waals surface area contributed by atoms with Gasteiger partial charge in [-0.15, -0.1) is 0 Å². The van der Waals surface area contributed by atoms with Crippen LogP contribution in [0.2, 0.25) is 0 Å². The summed E-state index contributed by atoms with van der Waals surface area (Å²) in [5.41, 5.74) is -1.58. The van der Waals surface area contributed by atoms with E-state index < -0.39 is 36.0 Å². The lowest BCUT2D eigenvalue weighted by molar-refractivity contribution is -0.393. The number of nitro benzene ring substituents is 2. The summed E-state index contributed by atoms with van der Waals surface area (Å²) in [4.78, 5) is 20.6. The first-order valence-corrected chi connectivity index (χ1v) is 8.82. The molecule has 0 radical (unpaired) electrons. The monoisotopic (exact) mass is 345 g/mol. The number of sulfone groups is 1. The summed E-state index contributed by atoms with van der Waals surface area (Å²) in [5.74, 6) is 0. The SMILES string of the molecule is CCCC(C)Nc1c([N+](=O)[O-])cc(S(C)(=O)=O)c(C)c1[N+](=O)[O-]. The third-order valence-corrected chi connectivity index (χ3v) is 4.60. The van der Waals surface area contributed by atoms with Crippen molar-refractivity contribution in [2.75, 3.05) is 11.6 Å². The van der Waals surface area contributed by atoms with Gasteiger partial charge in [0.1, 0.15) is 0 Å². The molecule has 0 aliphatic rings. The van der Waals surface area contributed by atoms with Crippen LogP contribution in [0.15, 0.2) is 11.0 Å². The van der Waals surface area contributed by atoms with Crippen LogP contribution in [0.25, 0.3) is 0 Å². The van der Waals surface area contributed by atoms with Crippen LogP contribution in [-0.4, -0.2) is 30.6 Å². The fraction of sp³-hybridized carbons (Fsp3) is 0.538. The van der Waals surface area contributed by atoms with Gasteiger partial charge in [0, 0.05) is 23.9 Å². The summed E-state index contributed by atoms with van der Waals surface area (Å²) in [5, 5.41) is 25.4. The van der Waals surface area contributed by atoms with Crippen molar-refractivity contribution in [1.29, 1.82) is 0 Å². The molecule has 1 N–H and O–H groups in total. The van der Waals surface area contributed by atoms with Crippen molar-refractivity contribution in [1.82, 2.24) is 0 Å². The number of nitro groups is 2. The standard InChI is InChI=1S/C13H19N3O6S/c1-5-6-8(2)14-12-10(15(17)18)7-11(23(4,21)22)9(3)13(12)16(19)20/h7-8,14H,5-6H2,1-4H3. The average molecular weight is 345 g/mol.